The number of halogens is 4. The Morgan fingerprint density at radius 1 is 0.975 bits per heavy atom. The number of alkyl halides is 1. The number of nitrogens with zero attached hydrogens (tertiary/aromatic N) is 1. The Balaban J connectivity index is 0.00000370. The largest absolute Gasteiger partial charge is 0.478 e. The van der Waals surface area contributed by atoms with E-state index in [4.69, 9.17) is 0 Å². The second-order valence-electron chi connectivity index (χ2n) is 10.6. The molecule has 0 atom stereocenters. The summed E-state index contributed by atoms with van der Waals surface area (Å²) in [6.45, 7) is 5.69. The maximum absolute atomic E-state index is 16.1. The van der Waals surface area contributed by atoms with E-state index in [1.54, 1.807) is 30.3 Å². The molecule has 5 rings (SSSR count). The summed E-state index contributed by atoms with van der Waals surface area (Å²) in [4.78, 5) is 13.9. The molecule has 0 amide bonds. The van der Waals surface area contributed by atoms with Crippen LogP contribution in [0.15, 0.2) is 54.1 Å². The van der Waals surface area contributed by atoms with E-state index in [-0.39, 0.29) is 36.3 Å². The van der Waals surface area contributed by atoms with Crippen LogP contribution in [0.5, 0.6) is 0 Å². The van der Waals surface area contributed by atoms with Gasteiger partial charge in [-0.05, 0) is 120 Å². The molecule has 3 nitrogen and oxygen atoms in total. The highest BCUT2D eigenvalue weighted by Crippen LogP contribution is 2.43. The maximum Gasteiger partial charge on any atom is 0.335 e. The second kappa shape index (κ2) is 12.4. The molecule has 2 aliphatic rings. The van der Waals surface area contributed by atoms with Crippen LogP contribution in [0.1, 0.15) is 68.6 Å². The smallest absolute Gasteiger partial charge is 0.335 e. The van der Waals surface area contributed by atoms with Crippen LogP contribution in [-0.4, -0.2) is 42.3 Å². The summed E-state index contributed by atoms with van der Waals surface area (Å²) in [5.74, 6) is -1.67. The average molecular weight is 568 g/mol. The van der Waals surface area contributed by atoms with Gasteiger partial charge in [0, 0.05) is 25.2 Å². The van der Waals surface area contributed by atoms with Gasteiger partial charge in [-0.2, -0.15) is 0 Å². The fourth-order valence-corrected chi connectivity index (χ4v) is 5.91. The highest BCUT2D eigenvalue weighted by atomic mass is 35.5. The lowest BCUT2D eigenvalue weighted by molar-refractivity contribution is 0.0696. The van der Waals surface area contributed by atoms with E-state index in [9.17, 15) is 18.7 Å². The van der Waals surface area contributed by atoms with Crippen LogP contribution in [0.4, 0.5) is 13.2 Å². The summed E-state index contributed by atoms with van der Waals surface area (Å²) < 4.78 is 42.6. The molecule has 1 fully saturated rings. The third-order valence-corrected chi connectivity index (χ3v) is 7.70. The van der Waals surface area contributed by atoms with Crippen molar-refractivity contribution in [2.24, 2.45) is 0 Å². The zero-order valence-corrected chi connectivity index (χ0v) is 23.5. The molecule has 7 heteroatoms. The Morgan fingerprint density at radius 3 is 2.40 bits per heavy atom. The number of hydrogen-bond donors (Lipinski definition) is 1. The molecule has 1 N–H and O–H groups in total. The van der Waals surface area contributed by atoms with Crippen molar-refractivity contribution in [3.05, 3.63) is 110 Å². The van der Waals surface area contributed by atoms with Gasteiger partial charge in [-0.3, -0.25) is 9.29 Å². The topological polar surface area (TPSA) is 40.5 Å². The first-order chi connectivity index (χ1) is 18.7. The Kier molecular flexibility index (Phi) is 9.22. The van der Waals surface area contributed by atoms with Crippen LogP contribution in [-0.2, 0) is 6.42 Å². The van der Waals surface area contributed by atoms with Crippen molar-refractivity contribution in [2.75, 3.05) is 26.3 Å². The molecule has 3 aromatic carbocycles. The monoisotopic (exact) mass is 567 g/mol. The minimum absolute atomic E-state index is 0. The van der Waals surface area contributed by atoms with Crippen LogP contribution < -0.4 is 0 Å². The molecule has 0 aromatic heterocycles. The number of fused-ring (bicyclic) bond motifs is 1. The molecule has 1 saturated heterocycles. The number of aryl methyl sites for hydroxylation is 3. The van der Waals surface area contributed by atoms with E-state index >= 15 is 4.39 Å². The maximum atomic E-state index is 16.1. The molecule has 1 heterocycles. The van der Waals surface area contributed by atoms with Crippen molar-refractivity contribution in [1.82, 2.24) is 4.90 Å². The van der Waals surface area contributed by atoms with E-state index in [0.29, 0.717) is 24.8 Å². The first-order valence-electron chi connectivity index (χ1n) is 13.4. The first kappa shape index (κ1) is 29.6. The van der Waals surface area contributed by atoms with Crippen molar-refractivity contribution >= 4 is 35.6 Å². The molecule has 210 valence electrons. The van der Waals surface area contributed by atoms with Gasteiger partial charge in [-0.25, -0.2) is 13.6 Å². The van der Waals surface area contributed by atoms with Crippen molar-refractivity contribution < 1.29 is 23.1 Å². The lowest BCUT2D eigenvalue weighted by Gasteiger charge is -2.33. The van der Waals surface area contributed by atoms with Gasteiger partial charge in [0.1, 0.15) is 11.6 Å². The Hall–Kier alpha value is -3.35. The van der Waals surface area contributed by atoms with Crippen LogP contribution in [0, 0.1) is 25.5 Å². The molecule has 40 heavy (non-hydrogen) atoms. The van der Waals surface area contributed by atoms with Crippen molar-refractivity contribution in [3.63, 3.8) is 0 Å². The number of hydrogen-bond acceptors (Lipinski definition) is 2. The SMILES string of the molecule is Cc1cc(F)ccc1C1=C(c2c(C)cc(C=C3CN(CCCF)C3)cc2F)c2ccc(C(=O)O)cc2CCC1.Cl. The molecule has 0 saturated carbocycles. The predicted molar refractivity (Wildman–Crippen MR) is 157 cm³/mol. The van der Waals surface area contributed by atoms with E-state index in [0.717, 1.165) is 70.6 Å². The average Bonchev–Trinajstić information content (AvgIpc) is 3.04. The predicted octanol–water partition coefficient (Wildman–Crippen LogP) is 8.06. The fraction of sp³-hybridized carbons (Fsp3) is 0.303. The van der Waals surface area contributed by atoms with E-state index in [1.165, 1.54) is 17.7 Å². The minimum atomic E-state index is -0.999. The van der Waals surface area contributed by atoms with Gasteiger partial charge in [-0.15, -0.1) is 12.4 Å². The third kappa shape index (κ3) is 6.03. The van der Waals surface area contributed by atoms with Crippen LogP contribution in [0.3, 0.4) is 0 Å². The van der Waals surface area contributed by atoms with Crippen LogP contribution >= 0.6 is 12.4 Å². The molecule has 3 aromatic rings. The van der Waals surface area contributed by atoms with Gasteiger partial charge in [0.15, 0.2) is 0 Å². The molecule has 0 unspecified atom stereocenters. The zero-order chi connectivity index (χ0) is 27.7. The van der Waals surface area contributed by atoms with Gasteiger partial charge in [0.2, 0.25) is 0 Å². The second-order valence-corrected chi connectivity index (χ2v) is 10.6. The fourth-order valence-electron chi connectivity index (χ4n) is 5.91. The van der Waals surface area contributed by atoms with Crippen molar-refractivity contribution in [1.29, 1.82) is 0 Å². The van der Waals surface area contributed by atoms with Crippen molar-refractivity contribution in [2.45, 2.75) is 39.5 Å². The third-order valence-electron chi connectivity index (χ3n) is 7.70. The lowest BCUT2D eigenvalue weighted by atomic mass is 9.83. The number of carboxylic acids is 1. The highest BCUT2D eigenvalue weighted by molar-refractivity contribution is 6.02. The van der Waals surface area contributed by atoms with Crippen molar-refractivity contribution in [3.8, 4) is 0 Å². The summed E-state index contributed by atoms with van der Waals surface area (Å²) in [6.07, 6.45) is 4.60. The lowest BCUT2D eigenvalue weighted by Crippen LogP contribution is -2.40. The molecule has 0 spiro atoms. The summed E-state index contributed by atoms with van der Waals surface area (Å²) in [5.41, 5.74) is 8.43. The summed E-state index contributed by atoms with van der Waals surface area (Å²) in [5, 5.41) is 9.57. The van der Waals surface area contributed by atoms with Gasteiger partial charge >= 0.3 is 5.97 Å². The Morgan fingerprint density at radius 2 is 1.73 bits per heavy atom. The quantitative estimate of drug-likeness (QED) is 0.314. The first-order valence-corrected chi connectivity index (χ1v) is 13.4. The minimum Gasteiger partial charge on any atom is -0.478 e. The molecule has 0 bridgehead atoms. The Bertz CT molecular complexity index is 1480. The standard InChI is InChI=1S/C33H32F3NO2.ClH/c1-20-14-26(35)8-10-27(20)29-6-3-5-24-17-25(33(38)39)7-9-28(24)32(29)31-21(2)13-22(16-30(31)36)15-23-18-37(19-23)12-4-11-34;/h7-10,13-17H,3-6,11-12,18-19H2,1-2H3,(H,38,39);1H. The molecular formula is C33H33ClF3NO2. The van der Waals surface area contributed by atoms with Gasteiger partial charge in [0.25, 0.3) is 0 Å². The molecular weight excluding hydrogens is 535 g/mol. The molecule has 0 radical (unpaired) electrons. The van der Waals surface area contributed by atoms with E-state index < -0.39 is 5.97 Å². The number of likely N-dealkylation sites (tertiary alicyclic amines) is 1. The van der Waals surface area contributed by atoms with Gasteiger partial charge < -0.3 is 5.11 Å². The van der Waals surface area contributed by atoms with E-state index in [1.807, 2.05) is 26.0 Å². The summed E-state index contributed by atoms with van der Waals surface area (Å²) in [6, 6.07) is 13.3. The zero-order valence-electron chi connectivity index (χ0n) is 22.7. The number of allylic oxidation sites excluding steroid dienone is 1. The summed E-state index contributed by atoms with van der Waals surface area (Å²) in [7, 11) is 0. The van der Waals surface area contributed by atoms with E-state index in [2.05, 4.69) is 4.90 Å². The van der Waals surface area contributed by atoms with Crippen LogP contribution in [0.2, 0.25) is 0 Å². The molecule has 1 aliphatic carbocycles. The number of rotatable bonds is 7. The summed E-state index contributed by atoms with van der Waals surface area (Å²) >= 11 is 0. The molecule has 1 aliphatic heterocycles. The number of carboxylic acid groups (broad SMARTS) is 1. The number of aromatic carboxylic acids is 1. The van der Waals surface area contributed by atoms with Gasteiger partial charge in [0.05, 0.1) is 12.2 Å². The van der Waals surface area contributed by atoms with Crippen LogP contribution in [0.25, 0.3) is 17.2 Å². The normalized spacial score (nSPS) is 15.2. The Labute approximate surface area is 239 Å². The highest BCUT2D eigenvalue weighted by Gasteiger charge is 2.26. The van der Waals surface area contributed by atoms with Gasteiger partial charge in [-0.1, -0.05) is 24.3 Å². The number of carbonyl (C=O) groups is 1. The number of benzene rings is 3.